The first-order valence-electron chi connectivity index (χ1n) is 11.3. The van der Waals surface area contributed by atoms with Crippen molar-refractivity contribution >= 4 is 27.5 Å². The molecule has 1 aliphatic heterocycles. The number of carbonyl (C=O) groups excluding carboxylic acids is 1. The van der Waals surface area contributed by atoms with Crippen molar-refractivity contribution in [3.8, 4) is 5.88 Å². The highest BCUT2D eigenvalue weighted by Crippen LogP contribution is 2.36. The largest absolute Gasteiger partial charge is 0.417 e. The summed E-state index contributed by atoms with van der Waals surface area (Å²) >= 11 is 1.51. The average Bonchev–Trinajstić information content (AvgIpc) is 3.46. The fourth-order valence-corrected chi connectivity index (χ4v) is 6.82. The van der Waals surface area contributed by atoms with Crippen molar-refractivity contribution in [1.29, 1.82) is 0 Å². The molecule has 7 nitrogen and oxygen atoms in total. The smallest absolute Gasteiger partial charge is 0.390 e. The molecule has 2 aliphatic carbocycles. The number of sulfonamides is 1. The van der Waals surface area contributed by atoms with Gasteiger partial charge in [0.2, 0.25) is 15.9 Å². The van der Waals surface area contributed by atoms with Gasteiger partial charge in [-0.2, -0.15) is 0 Å². The van der Waals surface area contributed by atoms with E-state index in [2.05, 4.69) is 4.98 Å². The third-order valence-corrected chi connectivity index (χ3v) is 9.83. The van der Waals surface area contributed by atoms with Crippen LogP contribution in [0.25, 0.3) is 0 Å². The number of thiazole rings is 1. The minimum atomic E-state index is -3.20. The van der Waals surface area contributed by atoms with Gasteiger partial charge in [-0.3, -0.25) is 0 Å². The van der Waals surface area contributed by atoms with Gasteiger partial charge in [-0.25, -0.2) is 22.5 Å². The lowest BCUT2D eigenvalue weighted by molar-refractivity contribution is 0.111. The van der Waals surface area contributed by atoms with E-state index in [4.69, 9.17) is 4.74 Å². The second-order valence-electron chi connectivity index (χ2n) is 9.09. The van der Waals surface area contributed by atoms with Crippen molar-refractivity contribution in [1.82, 2.24) is 14.2 Å². The molecule has 4 rings (SSSR count). The van der Waals surface area contributed by atoms with Crippen molar-refractivity contribution in [2.24, 2.45) is 0 Å². The number of hydrogen-bond acceptors (Lipinski definition) is 6. The minimum absolute atomic E-state index is 0.221. The van der Waals surface area contributed by atoms with Crippen LogP contribution in [0.5, 0.6) is 5.88 Å². The minimum Gasteiger partial charge on any atom is -0.390 e. The number of ether oxygens (including phenoxy) is 1. The van der Waals surface area contributed by atoms with Gasteiger partial charge in [0, 0.05) is 31.1 Å². The molecule has 0 spiro atoms. The molecule has 1 aromatic rings. The lowest BCUT2D eigenvalue weighted by Gasteiger charge is -2.33. The molecule has 0 unspecified atom stereocenters. The second-order valence-corrected chi connectivity index (χ2v) is 12.5. The van der Waals surface area contributed by atoms with Gasteiger partial charge in [-0.1, -0.05) is 19.3 Å². The Balaban J connectivity index is 1.35. The van der Waals surface area contributed by atoms with E-state index < -0.39 is 15.3 Å². The number of hydrogen-bond donors (Lipinski definition) is 0. The van der Waals surface area contributed by atoms with Crippen LogP contribution in [0.2, 0.25) is 0 Å². The fourth-order valence-electron chi connectivity index (χ4n) is 4.61. The summed E-state index contributed by atoms with van der Waals surface area (Å²) in [6.45, 7) is 4.50. The summed E-state index contributed by atoms with van der Waals surface area (Å²) in [6.07, 6.45) is 9.19. The highest BCUT2D eigenvalue weighted by Gasteiger charge is 2.39. The quantitative estimate of drug-likeness (QED) is 0.637. The van der Waals surface area contributed by atoms with Crippen molar-refractivity contribution in [2.45, 2.75) is 94.9 Å². The van der Waals surface area contributed by atoms with E-state index in [9.17, 15) is 13.2 Å². The lowest BCUT2D eigenvalue weighted by atomic mass is 9.94. The average molecular weight is 456 g/mol. The number of aromatic nitrogens is 1. The summed E-state index contributed by atoms with van der Waals surface area (Å²) < 4.78 is 32.0. The standard InChI is InChI=1S/C21H33N3O4S2/c1-15(2)30(26,27)23-12-10-16(11-13-23)20-22-19(14-29-20)28-21(25)24(18-8-9-18)17-6-4-3-5-7-17/h14-18H,3-13H2,1-2H3. The zero-order chi connectivity index (χ0) is 21.3. The number of piperidine rings is 1. The predicted molar refractivity (Wildman–Crippen MR) is 117 cm³/mol. The Bertz CT molecular complexity index is 836. The van der Waals surface area contributed by atoms with Gasteiger partial charge in [-0.15, -0.1) is 11.3 Å². The number of amides is 1. The molecule has 0 bridgehead atoms. The van der Waals surface area contributed by atoms with Crippen LogP contribution in [0.15, 0.2) is 5.38 Å². The van der Waals surface area contributed by atoms with Gasteiger partial charge in [0.1, 0.15) is 0 Å². The molecule has 1 saturated heterocycles. The molecule has 1 aromatic heterocycles. The van der Waals surface area contributed by atoms with E-state index in [0.29, 0.717) is 31.1 Å². The first-order chi connectivity index (χ1) is 14.4. The SMILES string of the molecule is CC(C)S(=O)(=O)N1CCC(c2nc(OC(=O)N(C3CCCCC3)C3CC3)cs2)CC1. The summed E-state index contributed by atoms with van der Waals surface area (Å²) in [6, 6.07) is 0.648. The summed E-state index contributed by atoms with van der Waals surface area (Å²) in [7, 11) is -3.20. The summed E-state index contributed by atoms with van der Waals surface area (Å²) in [4.78, 5) is 19.5. The number of carbonyl (C=O) groups is 1. The van der Waals surface area contributed by atoms with Crippen LogP contribution >= 0.6 is 11.3 Å². The van der Waals surface area contributed by atoms with Crippen molar-refractivity contribution < 1.29 is 17.9 Å². The number of rotatable bonds is 6. The molecule has 3 fully saturated rings. The summed E-state index contributed by atoms with van der Waals surface area (Å²) in [5.41, 5.74) is 0. The summed E-state index contributed by atoms with van der Waals surface area (Å²) in [5, 5.41) is 2.37. The molecule has 0 atom stereocenters. The summed E-state index contributed by atoms with van der Waals surface area (Å²) in [5.74, 6) is 0.609. The van der Waals surface area contributed by atoms with Crippen LogP contribution in [0.4, 0.5) is 4.79 Å². The zero-order valence-corrected chi connectivity index (χ0v) is 19.6. The van der Waals surface area contributed by atoms with Crippen LogP contribution in [0.1, 0.15) is 82.6 Å². The Kier molecular flexibility index (Phi) is 6.70. The molecule has 30 heavy (non-hydrogen) atoms. The number of nitrogens with zero attached hydrogens (tertiary/aromatic N) is 3. The molecule has 0 aromatic carbocycles. The third-order valence-electron chi connectivity index (χ3n) is 6.57. The zero-order valence-electron chi connectivity index (χ0n) is 18.0. The first kappa shape index (κ1) is 22.0. The van der Waals surface area contributed by atoms with Crippen LogP contribution in [0, 0.1) is 0 Å². The van der Waals surface area contributed by atoms with Gasteiger partial charge in [0.05, 0.1) is 15.6 Å². The van der Waals surface area contributed by atoms with E-state index in [1.807, 2.05) is 10.3 Å². The van der Waals surface area contributed by atoms with E-state index in [1.54, 1.807) is 18.2 Å². The fraction of sp³-hybridized carbons (Fsp3) is 0.810. The first-order valence-corrected chi connectivity index (χ1v) is 13.7. The monoisotopic (exact) mass is 455 g/mol. The second kappa shape index (κ2) is 9.12. The lowest BCUT2D eigenvalue weighted by Crippen LogP contribution is -2.44. The Hall–Kier alpha value is -1.19. The predicted octanol–water partition coefficient (Wildman–Crippen LogP) is 4.36. The van der Waals surface area contributed by atoms with Crippen LogP contribution < -0.4 is 4.74 Å². The molecular formula is C21H33N3O4S2. The highest BCUT2D eigenvalue weighted by atomic mass is 32.2. The molecule has 9 heteroatoms. The van der Waals surface area contributed by atoms with Crippen LogP contribution in [0.3, 0.4) is 0 Å². The van der Waals surface area contributed by atoms with Crippen molar-refractivity contribution in [3.63, 3.8) is 0 Å². The Labute approximate surface area is 183 Å². The highest BCUT2D eigenvalue weighted by molar-refractivity contribution is 7.89. The molecule has 168 valence electrons. The van der Waals surface area contributed by atoms with Crippen LogP contribution in [-0.4, -0.2) is 59.1 Å². The maximum atomic E-state index is 12.9. The van der Waals surface area contributed by atoms with E-state index in [-0.39, 0.29) is 12.0 Å². The van der Waals surface area contributed by atoms with E-state index in [1.165, 1.54) is 30.6 Å². The molecule has 2 saturated carbocycles. The van der Waals surface area contributed by atoms with Crippen molar-refractivity contribution in [3.05, 3.63) is 10.4 Å². The van der Waals surface area contributed by atoms with Gasteiger partial charge in [0.25, 0.3) is 0 Å². The Morgan fingerprint density at radius 3 is 2.33 bits per heavy atom. The Morgan fingerprint density at radius 1 is 1.10 bits per heavy atom. The Morgan fingerprint density at radius 2 is 1.73 bits per heavy atom. The normalized spacial score (nSPS) is 22.4. The van der Waals surface area contributed by atoms with Gasteiger partial charge >= 0.3 is 6.09 Å². The van der Waals surface area contributed by atoms with Crippen LogP contribution in [-0.2, 0) is 10.0 Å². The van der Waals surface area contributed by atoms with E-state index >= 15 is 0 Å². The molecule has 1 amide bonds. The molecule has 3 aliphatic rings. The van der Waals surface area contributed by atoms with Gasteiger partial charge < -0.3 is 9.64 Å². The van der Waals surface area contributed by atoms with Crippen molar-refractivity contribution in [2.75, 3.05) is 13.1 Å². The molecule has 0 N–H and O–H groups in total. The molecule has 0 radical (unpaired) electrons. The topological polar surface area (TPSA) is 79.8 Å². The molecule has 2 heterocycles. The van der Waals surface area contributed by atoms with Gasteiger partial charge in [-0.05, 0) is 52.4 Å². The van der Waals surface area contributed by atoms with E-state index in [0.717, 1.165) is 43.5 Å². The maximum Gasteiger partial charge on any atom is 0.417 e. The van der Waals surface area contributed by atoms with Gasteiger partial charge in [0.15, 0.2) is 0 Å². The third kappa shape index (κ3) is 4.83. The molecular weight excluding hydrogens is 422 g/mol. The maximum absolute atomic E-state index is 12.9.